The smallest absolute Gasteiger partial charge is 0.273 e. The first kappa shape index (κ1) is 18.2. The SMILES string of the molecule is O=C(c1cccc([N+](=O)[O-])c1)N(Cc1ccccc1)N1C(=O)CCCC1=O. The largest absolute Gasteiger partial charge is 0.273 e. The Morgan fingerprint density at radius 1 is 1.04 bits per heavy atom. The fourth-order valence-electron chi connectivity index (χ4n) is 2.90. The van der Waals surface area contributed by atoms with Crippen LogP contribution in [0.2, 0.25) is 0 Å². The number of carbonyl (C=O) groups is 3. The van der Waals surface area contributed by atoms with Gasteiger partial charge >= 0.3 is 0 Å². The second kappa shape index (κ2) is 7.77. The quantitative estimate of drug-likeness (QED) is 0.459. The molecule has 1 heterocycles. The zero-order chi connectivity index (χ0) is 19.4. The Morgan fingerprint density at radius 3 is 2.33 bits per heavy atom. The molecule has 2 aromatic rings. The lowest BCUT2D eigenvalue weighted by Gasteiger charge is -2.35. The maximum Gasteiger partial charge on any atom is 0.273 e. The third-order valence-corrected chi connectivity index (χ3v) is 4.21. The first-order chi connectivity index (χ1) is 13.0. The highest BCUT2D eigenvalue weighted by atomic mass is 16.6. The van der Waals surface area contributed by atoms with Crippen molar-refractivity contribution in [3.05, 3.63) is 75.8 Å². The number of benzene rings is 2. The van der Waals surface area contributed by atoms with Crippen molar-refractivity contribution >= 4 is 23.4 Å². The maximum absolute atomic E-state index is 13.1. The van der Waals surface area contributed by atoms with Gasteiger partial charge in [0.25, 0.3) is 11.6 Å². The van der Waals surface area contributed by atoms with Crippen LogP contribution < -0.4 is 0 Å². The summed E-state index contributed by atoms with van der Waals surface area (Å²) in [6.07, 6.45) is 0.775. The van der Waals surface area contributed by atoms with Gasteiger partial charge in [0, 0.05) is 30.5 Å². The first-order valence-electron chi connectivity index (χ1n) is 8.43. The number of amides is 3. The number of rotatable bonds is 5. The van der Waals surface area contributed by atoms with Crippen LogP contribution >= 0.6 is 0 Å². The van der Waals surface area contributed by atoms with E-state index in [9.17, 15) is 24.5 Å². The Kier molecular flexibility index (Phi) is 5.25. The highest BCUT2D eigenvalue weighted by Gasteiger charge is 2.35. The molecular weight excluding hydrogens is 350 g/mol. The minimum absolute atomic E-state index is 0.000154. The summed E-state index contributed by atoms with van der Waals surface area (Å²) < 4.78 is 0. The third-order valence-electron chi connectivity index (χ3n) is 4.21. The van der Waals surface area contributed by atoms with Gasteiger partial charge in [0.05, 0.1) is 11.5 Å². The number of nitro groups is 1. The summed E-state index contributed by atoms with van der Waals surface area (Å²) in [5.41, 5.74) is 0.519. The van der Waals surface area contributed by atoms with Gasteiger partial charge in [-0.25, -0.2) is 5.01 Å². The van der Waals surface area contributed by atoms with E-state index in [4.69, 9.17) is 0 Å². The van der Waals surface area contributed by atoms with Crippen molar-refractivity contribution in [1.29, 1.82) is 0 Å². The molecule has 27 heavy (non-hydrogen) atoms. The summed E-state index contributed by atoms with van der Waals surface area (Å²) in [5, 5.41) is 12.9. The molecular formula is C19H17N3O5. The van der Waals surface area contributed by atoms with Crippen molar-refractivity contribution in [3.8, 4) is 0 Å². The molecule has 2 aromatic carbocycles. The number of hydrogen-bond donors (Lipinski definition) is 0. The second-order valence-electron chi connectivity index (χ2n) is 6.11. The van der Waals surface area contributed by atoms with Crippen molar-refractivity contribution in [3.63, 3.8) is 0 Å². The zero-order valence-electron chi connectivity index (χ0n) is 14.4. The zero-order valence-corrected chi connectivity index (χ0v) is 14.4. The lowest BCUT2D eigenvalue weighted by atomic mass is 10.1. The molecule has 0 aromatic heterocycles. The molecule has 0 atom stereocenters. The number of carbonyl (C=O) groups excluding carboxylic acids is 3. The van der Waals surface area contributed by atoms with E-state index in [1.54, 1.807) is 24.3 Å². The molecule has 1 aliphatic rings. The first-order valence-corrected chi connectivity index (χ1v) is 8.43. The molecule has 0 bridgehead atoms. The molecule has 1 fully saturated rings. The normalized spacial score (nSPS) is 14.1. The monoisotopic (exact) mass is 367 g/mol. The Morgan fingerprint density at radius 2 is 1.70 bits per heavy atom. The van der Waals surface area contributed by atoms with Gasteiger partial charge in [-0.2, -0.15) is 5.01 Å². The molecule has 3 amide bonds. The summed E-state index contributed by atoms with van der Waals surface area (Å²) in [6, 6.07) is 14.1. The minimum atomic E-state index is -0.647. The standard InChI is InChI=1S/C19H17N3O5/c23-17-10-5-11-18(24)21(17)20(13-14-6-2-1-3-7-14)19(25)15-8-4-9-16(12-15)22(26)27/h1-4,6-9,12H,5,10-11,13H2. The van der Waals surface area contributed by atoms with Gasteiger partial charge in [0.1, 0.15) is 0 Å². The number of nitrogens with zero attached hydrogens (tertiary/aromatic N) is 3. The number of piperidine rings is 1. The number of hydrogen-bond acceptors (Lipinski definition) is 5. The van der Waals surface area contributed by atoms with Gasteiger partial charge < -0.3 is 0 Å². The highest BCUT2D eigenvalue weighted by molar-refractivity contribution is 6.02. The molecule has 0 spiro atoms. The molecule has 1 aliphatic heterocycles. The Labute approximate surface area is 155 Å². The number of nitro benzene ring substituents is 1. The summed E-state index contributed by atoms with van der Waals surface area (Å²) in [4.78, 5) is 48.2. The van der Waals surface area contributed by atoms with Crippen LogP contribution in [0.15, 0.2) is 54.6 Å². The predicted molar refractivity (Wildman–Crippen MR) is 95.1 cm³/mol. The summed E-state index contributed by atoms with van der Waals surface area (Å²) in [5.74, 6) is -1.56. The molecule has 8 nitrogen and oxygen atoms in total. The van der Waals surface area contributed by atoms with Crippen LogP contribution in [0.25, 0.3) is 0 Å². The van der Waals surface area contributed by atoms with Gasteiger partial charge in [-0.1, -0.05) is 36.4 Å². The van der Waals surface area contributed by atoms with Crippen LogP contribution in [0.4, 0.5) is 5.69 Å². The van der Waals surface area contributed by atoms with E-state index < -0.39 is 22.6 Å². The Bertz CT molecular complexity index is 881. The second-order valence-corrected chi connectivity index (χ2v) is 6.11. The van der Waals surface area contributed by atoms with Crippen LogP contribution in [-0.2, 0) is 16.1 Å². The van der Waals surface area contributed by atoms with Crippen LogP contribution in [0, 0.1) is 10.1 Å². The van der Waals surface area contributed by atoms with Crippen molar-refractivity contribution in [2.24, 2.45) is 0 Å². The average Bonchev–Trinajstić information content (AvgIpc) is 2.67. The molecule has 0 N–H and O–H groups in total. The molecule has 138 valence electrons. The summed E-state index contributed by atoms with van der Waals surface area (Å²) in [6.45, 7) is -0.000154. The van der Waals surface area contributed by atoms with Gasteiger partial charge in [0.2, 0.25) is 11.8 Å². The van der Waals surface area contributed by atoms with E-state index in [1.165, 1.54) is 18.2 Å². The molecule has 3 rings (SSSR count). The van der Waals surface area contributed by atoms with E-state index in [0.29, 0.717) is 6.42 Å². The molecule has 8 heteroatoms. The van der Waals surface area contributed by atoms with Crippen molar-refractivity contribution in [2.75, 3.05) is 0 Å². The number of non-ortho nitro benzene ring substituents is 1. The lowest BCUT2D eigenvalue weighted by Crippen LogP contribution is -2.54. The minimum Gasteiger partial charge on any atom is -0.273 e. The van der Waals surface area contributed by atoms with Crippen LogP contribution in [0.5, 0.6) is 0 Å². The fourth-order valence-corrected chi connectivity index (χ4v) is 2.90. The fraction of sp³-hybridized carbons (Fsp3) is 0.211. The van der Waals surface area contributed by atoms with Gasteiger partial charge in [0.15, 0.2) is 0 Å². The lowest BCUT2D eigenvalue weighted by molar-refractivity contribution is -0.384. The van der Waals surface area contributed by atoms with Crippen LogP contribution in [0.3, 0.4) is 0 Å². The van der Waals surface area contributed by atoms with E-state index >= 15 is 0 Å². The average molecular weight is 367 g/mol. The number of hydrazine groups is 1. The van der Waals surface area contributed by atoms with Gasteiger partial charge in [-0.15, -0.1) is 0 Å². The molecule has 0 radical (unpaired) electrons. The molecule has 0 unspecified atom stereocenters. The van der Waals surface area contributed by atoms with Crippen molar-refractivity contribution in [1.82, 2.24) is 10.0 Å². The van der Waals surface area contributed by atoms with Gasteiger partial charge in [-0.3, -0.25) is 24.5 Å². The van der Waals surface area contributed by atoms with E-state index in [-0.39, 0.29) is 30.6 Å². The van der Waals surface area contributed by atoms with Crippen LogP contribution in [-0.4, -0.2) is 32.7 Å². The summed E-state index contributed by atoms with van der Waals surface area (Å²) in [7, 11) is 0. The van der Waals surface area contributed by atoms with Crippen molar-refractivity contribution < 1.29 is 19.3 Å². The molecule has 1 saturated heterocycles. The highest BCUT2D eigenvalue weighted by Crippen LogP contribution is 2.21. The van der Waals surface area contributed by atoms with E-state index in [1.807, 2.05) is 6.07 Å². The maximum atomic E-state index is 13.1. The predicted octanol–water partition coefficient (Wildman–Crippen LogP) is 2.69. The topological polar surface area (TPSA) is 101 Å². The van der Waals surface area contributed by atoms with E-state index in [2.05, 4.69) is 0 Å². The van der Waals surface area contributed by atoms with Crippen LogP contribution in [0.1, 0.15) is 35.2 Å². The molecule has 0 aliphatic carbocycles. The Balaban J connectivity index is 1.99. The Hall–Kier alpha value is -3.55. The van der Waals surface area contributed by atoms with Gasteiger partial charge in [-0.05, 0) is 18.1 Å². The summed E-state index contributed by atoms with van der Waals surface area (Å²) >= 11 is 0. The molecule has 0 saturated carbocycles. The van der Waals surface area contributed by atoms with E-state index in [0.717, 1.165) is 21.6 Å². The third kappa shape index (κ3) is 4.00. The number of imide groups is 1. The van der Waals surface area contributed by atoms with Crippen molar-refractivity contribution in [2.45, 2.75) is 25.8 Å².